The zero-order chi connectivity index (χ0) is 15.0. The van der Waals surface area contributed by atoms with E-state index in [9.17, 15) is 0 Å². The number of benzene rings is 1. The van der Waals surface area contributed by atoms with Crippen molar-refractivity contribution in [3.63, 3.8) is 0 Å². The first-order valence-electron chi connectivity index (χ1n) is 7.10. The van der Waals surface area contributed by atoms with E-state index in [1.165, 1.54) is 22.4 Å². The molecule has 0 saturated heterocycles. The lowest BCUT2D eigenvalue weighted by molar-refractivity contribution is 0.586. The fraction of sp³-hybridized carbons (Fsp3) is 0.611. The van der Waals surface area contributed by atoms with Crippen LogP contribution in [-0.4, -0.2) is 5.71 Å². The fourth-order valence-corrected chi connectivity index (χ4v) is 1.90. The molecule has 19 heavy (non-hydrogen) atoms. The molecule has 0 radical (unpaired) electrons. The third kappa shape index (κ3) is 3.92. The molecular formula is C18H29N. The predicted molar refractivity (Wildman–Crippen MR) is 86.8 cm³/mol. The van der Waals surface area contributed by atoms with Crippen molar-refractivity contribution in [1.29, 1.82) is 0 Å². The molecule has 0 aliphatic rings. The molecule has 0 amide bonds. The molecule has 1 nitrogen and oxygen atoms in total. The summed E-state index contributed by atoms with van der Waals surface area (Å²) in [6.45, 7) is 19.8. The highest BCUT2D eigenvalue weighted by Gasteiger charge is 2.18. The van der Waals surface area contributed by atoms with Gasteiger partial charge in [-0.25, -0.2) is 0 Å². The van der Waals surface area contributed by atoms with Crippen LogP contribution in [0.2, 0.25) is 0 Å². The number of aliphatic imine (C=N–C) groups is 1. The van der Waals surface area contributed by atoms with E-state index in [-0.39, 0.29) is 10.8 Å². The molecule has 0 spiro atoms. The molecule has 0 bridgehead atoms. The average Bonchev–Trinajstić information content (AvgIpc) is 2.19. The summed E-state index contributed by atoms with van der Waals surface area (Å²) < 4.78 is 0. The monoisotopic (exact) mass is 259 g/mol. The first-order chi connectivity index (χ1) is 8.43. The van der Waals surface area contributed by atoms with Crippen molar-refractivity contribution in [3.05, 3.63) is 28.8 Å². The van der Waals surface area contributed by atoms with Crippen molar-refractivity contribution in [2.45, 2.75) is 67.7 Å². The molecule has 0 aromatic heterocycles. The van der Waals surface area contributed by atoms with Crippen molar-refractivity contribution in [2.75, 3.05) is 0 Å². The maximum atomic E-state index is 4.87. The molecule has 0 aliphatic carbocycles. The van der Waals surface area contributed by atoms with Crippen LogP contribution in [-0.2, 0) is 5.41 Å². The largest absolute Gasteiger partial charge is 0.257 e. The standard InChI is InChI=1S/C18H29N/c1-12-10-15(18(7,8)9)11-13(2)16(12)19-14(3)17(4,5)6/h10-11H,1-9H3. The molecule has 0 heterocycles. The molecule has 0 unspecified atom stereocenters. The van der Waals surface area contributed by atoms with Crippen LogP contribution >= 0.6 is 0 Å². The van der Waals surface area contributed by atoms with E-state index in [0.29, 0.717) is 0 Å². The van der Waals surface area contributed by atoms with Gasteiger partial charge >= 0.3 is 0 Å². The highest BCUT2D eigenvalue weighted by Crippen LogP contribution is 2.32. The van der Waals surface area contributed by atoms with Crippen molar-refractivity contribution in [2.24, 2.45) is 10.4 Å². The topological polar surface area (TPSA) is 12.4 Å². The van der Waals surface area contributed by atoms with Gasteiger partial charge in [0.15, 0.2) is 0 Å². The lowest BCUT2D eigenvalue weighted by Gasteiger charge is -2.23. The van der Waals surface area contributed by atoms with Gasteiger partial charge in [0, 0.05) is 5.71 Å². The fourth-order valence-electron chi connectivity index (χ4n) is 1.90. The number of nitrogens with zero attached hydrogens (tertiary/aromatic N) is 1. The van der Waals surface area contributed by atoms with Gasteiger partial charge in [0.1, 0.15) is 0 Å². The summed E-state index contributed by atoms with van der Waals surface area (Å²) in [7, 11) is 0. The van der Waals surface area contributed by atoms with E-state index in [1.54, 1.807) is 0 Å². The maximum absolute atomic E-state index is 4.87. The van der Waals surface area contributed by atoms with Gasteiger partial charge in [-0.1, -0.05) is 53.7 Å². The molecule has 106 valence electrons. The summed E-state index contributed by atoms with van der Waals surface area (Å²) in [6, 6.07) is 4.56. The average molecular weight is 259 g/mol. The van der Waals surface area contributed by atoms with Gasteiger partial charge in [0.05, 0.1) is 5.69 Å². The second kappa shape index (κ2) is 5.11. The minimum atomic E-state index is 0.127. The Labute approximate surface area is 119 Å². The van der Waals surface area contributed by atoms with Crippen LogP contribution in [0.4, 0.5) is 5.69 Å². The Kier molecular flexibility index (Phi) is 4.29. The Morgan fingerprint density at radius 2 is 1.32 bits per heavy atom. The zero-order valence-electron chi connectivity index (χ0n) is 14.1. The third-order valence-electron chi connectivity index (χ3n) is 3.72. The number of hydrogen-bond donors (Lipinski definition) is 0. The molecule has 0 N–H and O–H groups in total. The minimum absolute atomic E-state index is 0.127. The number of aryl methyl sites for hydroxylation is 2. The van der Waals surface area contributed by atoms with Gasteiger partial charge in [-0.05, 0) is 48.3 Å². The SMILES string of the molecule is CC(=Nc1c(C)cc(C(C)(C)C)cc1C)C(C)(C)C. The summed E-state index contributed by atoms with van der Waals surface area (Å²) in [5.74, 6) is 0. The molecule has 0 saturated carbocycles. The maximum Gasteiger partial charge on any atom is 0.0687 e. The van der Waals surface area contributed by atoms with Crippen molar-refractivity contribution in [3.8, 4) is 0 Å². The molecule has 0 atom stereocenters. The predicted octanol–water partition coefficient (Wildman–Crippen LogP) is 5.74. The molecule has 1 aromatic carbocycles. The normalized spacial score (nSPS) is 13.8. The van der Waals surface area contributed by atoms with Crippen LogP contribution < -0.4 is 0 Å². The van der Waals surface area contributed by atoms with E-state index < -0.39 is 0 Å². The highest BCUT2D eigenvalue weighted by atomic mass is 14.8. The number of rotatable bonds is 1. The van der Waals surface area contributed by atoms with Crippen LogP contribution in [0.1, 0.15) is 65.2 Å². The van der Waals surface area contributed by atoms with Crippen molar-refractivity contribution in [1.82, 2.24) is 0 Å². The van der Waals surface area contributed by atoms with Crippen LogP contribution in [0.25, 0.3) is 0 Å². The lowest BCUT2D eigenvalue weighted by atomic mass is 9.84. The van der Waals surface area contributed by atoms with E-state index in [1.807, 2.05) is 0 Å². The number of hydrogen-bond acceptors (Lipinski definition) is 1. The van der Waals surface area contributed by atoms with Crippen LogP contribution in [0.3, 0.4) is 0 Å². The third-order valence-corrected chi connectivity index (χ3v) is 3.72. The van der Waals surface area contributed by atoms with Gasteiger partial charge in [0.2, 0.25) is 0 Å². The Morgan fingerprint density at radius 1 is 0.895 bits per heavy atom. The van der Waals surface area contributed by atoms with E-state index in [2.05, 4.69) is 74.4 Å². The summed E-state index contributed by atoms with van der Waals surface area (Å²) in [5.41, 5.74) is 6.57. The Morgan fingerprint density at radius 3 is 1.63 bits per heavy atom. The van der Waals surface area contributed by atoms with Crippen LogP contribution in [0.5, 0.6) is 0 Å². The van der Waals surface area contributed by atoms with Crippen LogP contribution in [0.15, 0.2) is 17.1 Å². The van der Waals surface area contributed by atoms with Crippen LogP contribution in [0, 0.1) is 19.3 Å². The van der Waals surface area contributed by atoms with E-state index in [0.717, 1.165) is 5.69 Å². The van der Waals surface area contributed by atoms with Gasteiger partial charge in [-0.3, -0.25) is 4.99 Å². The summed E-state index contributed by atoms with van der Waals surface area (Å²) in [6.07, 6.45) is 0. The smallest absolute Gasteiger partial charge is 0.0687 e. The second-order valence-corrected chi connectivity index (χ2v) is 7.66. The lowest BCUT2D eigenvalue weighted by Crippen LogP contribution is -2.16. The molecule has 0 fully saturated rings. The van der Waals surface area contributed by atoms with Crippen molar-refractivity contribution >= 4 is 11.4 Å². The summed E-state index contributed by atoms with van der Waals surface area (Å²) in [5, 5.41) is 0. The molecule has 1 aromatic rings. The Bertz CT molecular complexity index is 470. The summed E-state index contributed by atoms with van der Waals surface area (Å²) in [4.78, 5) is 4.87. The first-order valence-corrected chi connectivity index (χ1v) is 7.10. The molecule has 1 rings (SSSR count). The highest BCUT2D eigenvalue weighted by molar-refractivity contribution is 5.89. The molecule has 1 heteroatoms. The minimum Gasteiger partial charge on any atom is -0.257 e. The van der Waals surface area contributed by atoms with E-state index in [4.69, 9.17) is 4.99 Å². The Balaban J connectivity index is 3.34. The zero-order valence-corrected chi connectivity index (χ0v) is 14.1. The Hall–Kier alpha value is -1.11. The summed E-state index contributed by atoms with van der Waals surface area (Å²) >= 11 is 0. The van der Waals surface area contributed by atoms with Gasteiger partial charge in [-0.2, -0.15) is 0 Å². The van der Waals surface area contributed by atoms with Crippen molar-refractivity contribution < 1.29 is 0 Å². The van der Waals surface area contributed by atoms with Gasteiger partial charge in [-0.15, -0.1) is 0 Å². The first kappa shape index (κ1) is 15.9. The van der Waals surface area contributed by atoms with E-state index >= 15 is 0 Å². The van der Waals surface area contributed by atoms with Gasteiger partial charge in [0.25, 0.3) is 0 Å². The quantitative estimate of drug-likeness (QED) is 0.570. The molecule has 0 aliphatic heterocycles. The second-order valence-electron chi connectivity index (χ2n) is 7.66. The molecular weight excluding hydrogens is 230 g/mol. The van der Waals surface area contributed by atoms with Gasteiger partial charge < -0.3 is 0 Å².